The molecule has 1 amide bonds. The molecule has 6 heteroatoms. The molecule has 5 rings (SSSR count). The maximum Gasteiger partial charge on any atom is 0.256 e. The van der Waals surface area contributed by atoms with Crippen molar-refractivity contribution in [1.29, 1.82) is 0 Å². The SMILES string of the molecule is CCOc1ccccc1NC(=O)c1cc(-c2cnn(-c3ccc(CC)cc3)c2C)nc2ccccc12. The Kier molecular flexibility index (Phi) is 6.50. The second-order valence-electron chi connectivity index (χ2n) is 8.53. The highest BCUT2D eigenvalue weighted by Crippen LogP contribution is 2.30. The summed E-state index contributed by atoms with van der Waals surface area (Å²) in [6, 6.07) is 25.4. The van der Waals surface area contributed by atoms with Crippen LogP contribution in [0.2, 0.25) is 0 Å². The van der Waals surface area contributed by atoms with E-state index in [-0.39, 0.29) is 5.91 Å². The van der Waals surface area contributed by atoms with Crippen LogP contribution >= 0.6 is 0 Å². The highest BCUT2D eigenvalue weighted by atomic mass is 16.5. The maximum absolute atomic E-state index is 13.5. The molecule has 0 radical (unpaired) electrons. The van der Waals surface area contributed by atoms with Crippen LogP contribution in [0.25, 0.3) is 27.8 Å². The Morgan fingerprint density at radius 3 is 2.50 bits per heavy atom. The van der Waals surface area contributed by atoms with Gasteiger partial charge in [-0.1, -0.05) is 49.4 Å². The Morgan fingerprint density at radius 1 is 0.972 bits per heavy atom. The van der Waals surface area contributed by atoms with Crippen LogP contribution in [0.3, 0.4) is 0 Å². The third kappa shape index (κ3) is 4.45. The van der Waals surface area contributed by atoms with Gasteiger partial charge in [0.05, 0.1) is 46.6 Å². The molecule has 0 fully saturated rings. The zero-order chi connectivity index (χ0) is 25.1. The molecule has 0 spiro atoms. The summed E-state index contributed by atoms with van der Waals surface area (Å²) < 4.78 is 7.60. The molecule has 0 bridgehead atoms. The van der Waals surface area contributed by atoms with E-state index in [0.29, 0.717) is 29.3 Å². The molecule has 0 aliphatic heterocycles. The summed E-state index contributed by atoms with van der Waals surface area (Å²) in [4.78, 5) is 18.4. The van der Waals surface area contributed by atoms with Gasteiger partial charge in [-0.15, -0.1) is 0 Å². The van der Waals surface area contributed by atoms with E-state index in [9.17, 15) is 4.79 Å². The molecule has 0 unspecified atom stereocenters. The molecule has 0 atom stereocenters. The Bertz CT molecular complexity index is 1540. The van der Waals surface area contributed by atoms with Crippen molar-refractivity contribution in [2.75, 3.05) is 11.9 Å². The molecule has 0 aliphatic carbocycles. The summed E-state index contributed by atoms with van der Waals surface area (Å²) in [5, 5.41) is 8.44. The van der Waals surface area contributed by atoms with Crippen molar-refractivity contribution >= 4 is 22.5 Å². The lowest BCUT2D eigenvalue weighted by atomic mass is 10.0. The fourth-order valence-corrected chi connectivity index (χ4v) is 4.34. The molecule has 2 aromatic heterocycles. The quantitative estimate of drug-likeness (QED) is 0.287. The fraction of sp³-hybridized carbons (Fsp3) is 0.167. The van der Waals surface area contributed by atoms with E-state index in [0.717, 1.165) is 34.3 Å². The van der Waals surface area contributed by atoms with Crippen molar-refractivity contribution in [3.63, 3.8) is 0 Å². The summed E-state index contributed by atoms with van der Waals surface area (Å²) in [5.41, 5.74) is 6.72. The average Bonchev–Trinajstić information content (AvgIpc) is 3.30. The van der Waals surface area contributed by atoms with Gasteiger partial charge in [0.15, 0.2) is 0 Å². The minimum atomic E-state index is -0.220. The van der Waals surface area contributed by atoms with Crippen molar-refractivity contribution in [3.05, 3.63) is 102 Å². The largest absolute Gasteiger partial charge is 0.492 e. The van der Waals surface area contributed by atoms with Crippen molar-refractivity contribution in [2.45, 2.75) is 27.2 Å². The van der Waals surface area contributed by atoms with Gasteiger partial charge in [-0.25, -0.2) is 9.67 Å². The van der Waals surface area contributed by atoms with Crippen LogP contribution in [0.5, 0.6) is 5.75 Å². The molecule has 2 heterocycles. The van der Waals surface area contributed by atoms with Gasteiger partial charge in [0.25, 0.3) is 5.91 Å². The number of pyridine rings is 1. The van der Waals surface area contributed by atoms with Gasteiger partial charge in [-0.3, -0.25) is 4.79 Å². The van der Waals surface area contributed by atoms with Gasteiger partial charge in [-0.05, 0) is 62.2 Å². The third-order valence-corrected chi connectivity index (χ3v) is 6.27. The summed E-state index contributed by atoms with van der Waals surface area (Å²) in [6.45, 7) is 6.59. The smallest absolute Gasteiger partial charge is 0.256 e. The number of benzene rings is 3. The summed E-state index contributed by atoms with van der Waals surface area (Å²) in [5.74, 6) is 0.417. The van der Waals surface area contributed by atoms with Crippen molar-refractivity contribution in [3.8, 4) is 22.7 Å². The van der Waals surface area contributed by atoms with Gasteiger partial charge in [0.1, 0.15) is 5.75 Å². The molecule has 3 aromatic carbocycles. The molecule has 5 aromatic rings. The number of aromatic nitrogens is 3. The molecular formula is C30H28N4O2. The summed E-state index contributed by atoms with van der Waals surface area (Å²) in [7, 11) is 0. The van der Waals surface area contributed by atoms with Crippen molar-refractivity contribution in [2.24, 2.45) is 0 Å². The third-order valence-electron chi connectivity index (χ3n) is 6.27. The first kappa shape index (κ1) is 23.3. The first-order chi connectivity index (χ1) is 17.6. The Hall–Kier alpha value is -4.45. The lowest BCUT2D eigenvalue weighted by Gasteiger charge is -2.13. The van der Waals surface area contributed by atoms with Crippen molar-refractivity contribution in [1.82, 2.24) is 14.8 Å². The molecule has 6 nitrogen and oxygen atoms in total. The first-order valence-electron chi connectivity index (χ1n) is 12.2. The number of rotatable bonds is 7. The van der Waals surface area contributed by atoms with Crippen LogP contribution in [-0.4, -0.2) is 27.3 Å². The number of hydrogen-bond acceptors (Lipinski definition) is 4. The van der Waals surface area contributed by atoms with E-state index in [4.69, 9.17) is 9.72 Å². The second-order valence-corrected chi connectivity index (χ2v) is 8.53. The number of para-hydroxylation sites is 3. The van der Waals surface area contributed by atoms with Crippen molar-refractivity contribution < 1.29 is 9.53 Å². The Balaban J connectivity index is 1.56. The van der Waals surface area contributed by atoms with Crippen LogP contribution in [0.1, 0.15) is 35.5 Å². The number of ether oxygens (including phenoxy) is 1. The van der Waals surface area contributed by atoms with Gasteiger partial charge < -0.3 is 10.1 Å². The number of nitrogens with zero attached hydrogens (tertiary/aromatic N) is 3. The van der Waals surface area contributed by atoms with Gasteiger partial charge in [0, 0.05) is 10.9 Å². The van der Waals surface area contributed by atoms with Crippen LogP contribution in [-0.2, 0) is 6.42 Å². The van der Waals surface area contributed by atoms with E-state index in [2.05, 4.69) is 41.6 Å². The van der Waals surface area contributed by atoms with E-state index >= 15 is 0 Å². The normalized spacial score (nSPS) is 11.0. The number of carbonyl (C=O) groups is 1. The molecular weight excluding hydrogens is 448 g/mol. The lowest BCUT2D eigenvalue weighted by Crippen LogP contribution is -2.14. The number of nitrogens with one attached hydrogen (secondary N) is 1. The second kappa shape index (κ2) is 10.0. The predicted molar refractivity (Wildman–Crippen MR) is 144 cm³/mol. The number of amides is 1. The molecule has 0 aliphatic rings. The number of fused-ring (bicyclic) bond motifs is 1. The molecule has 0 saturated heterocycles. The Morgan fingerprint density at radius 2 is 1.72 bits per heavy atom. The number of anilines is 1. The number of aryl methyl sites for hydroxylation is 1. The lowest BCUT2D eigenvalue weighted by molar-refractivity contribution is 0.102. The number of hydrogen-bond donors (Lipinski definition) is 1. The van der Waals surface area contributed by atoms with Crippen LogP contribution in [0.4, 0.5) is 5.69 Å². The zero-order valence-corrected chi connectivity index (χ0v) is 20.7. The first-order valence-corrected chi connectivity index (χ1v) is 12.2. The zero-order valence-electron chi connectivity index (χ0n) is 20.7. The fourth-order valence-electron chi connectivity index (χ4n) is 4.34. The molecule has 0 saturated carbocycles. The van der Waals surface area contributed by atoms with Gasteiger partial charge in [-0.2, -0.15) is 5.10 Å². The molecule has 180 valence electrons. The topological polar surface area (TPSA) is 69.0 Å². The van der Waals surface area contributed by atoms with E-state index in [1.54, 1.807) is 0 Å². The molecule has 36 heavy (non-hydrogen) atoms. The number of carbonyl (C=O) groups excluding carboxylic acids is 1. The summed E-state index contributed by atoms with van der Waals surface area (Å²) in [6.07, 6.45) is 2.80. The average molecular weight is 477 g/mol. The van der Waals surface area contributed by atoms with E-state index in [1.165, 1.54) is 5.56 Å². The van der Waals surface area contributed by atoms with Crippen LogP contribution < -0.4 is 10.1 Å². The van der Waals surface area contributed by atoms with Crippen LogP contribution in [0, 0.1) is 6.92 Å². The standard InChI is InChI=1S/C30H28N4O2/c1-4-21-14-16-22(17-15-21)34-20(3)25(19-31-34)28-18-24(23-10-6-7-11-26(23)32-28)30(35)33-27-12-8-9-13-29(27)36-5-2/h6-19H,4-5H2,1-3H3,(H,33,35). The minimum Gasteiger partial charge on any atom is -0.492 e. The van der Waals surface area contributed by atoms with Crippen LogP contribution in [0.15, 0.2) is 85.1 Å². The van der Waals surface area contributed by atoms with Gasteiger partial charge >= 0.3 is 0 Å². The highest BCUT2D eigenvalue weighted by molar-refractivity contribution is 6.13. The summed E-state index contributed by atoms with van der Waals surface area (Å²) >= 11 is 0. The minimum absolute atomic E-state index is 0.220. The van der Waals surface area contributed by atoms with E-state index in [1.807, 2.05) is 79.3 Å². The van der Waals surface area contributed by atoms with Gasteiger partial charge in [0.2, 0.25) is 0 Å². The predicted octanol–water partition coefficient (Wildman–Crippen LogP) is 6.61. The highest BCUT2D eigenvalue weighted by Gasteiger charge is 2.18. The van der Waals surface area contributed by atoms with E-state index < -0.39 is 0 Å². The molecule has 1 N–H and O–H groups in total. The Labute approximate surface area is 210 Å². The monoisotopic (exact) mass is 476 g/mol. The maximum atomic E-state index is 13.5.